The fourth-order valence-electron chi connectivity index (χ4n) is 4.51. The van der Waals surface area contributed by atoms with Gasteiger partial charge >= 0.3 is 0 Å². The molecule has 0 radical (unpaired) electrons. The fourth-order valence-corrected chi connectivity index (χ4v) is 5.24. The van der Waals surface area contributed by atoms with E-state index in [4.69, 9.17) is 16.7 Å². The normalized spacial score (nSPS) is 16.5. The van der Waals surface area contributed by atoms with Crippen molar-refractivity contribution in [3.05, 3.63) is 76.1 Å². The van der Waals surface area contributed by atoms with E-state index >= 15 is 0 Å². The molecule has 178 valence electrons. The summed E-state index contributed by atoms with van der Waals surface area (Å²) < 4.78 is 29.2. The number of halogens is 1. The highest BCUT2D eigenvalue weighted by Gasteiger charge is 2.35. The molecule has 0 aliphatic carbocycles. The number of hydrogen-bond donors (Lipinski definition) is 0. The fraction of sp³-hybridized carbons (Fsp3) is 0.227. The first-order valence-corrected chi connectivity index (χ1v) is 13.1. The van der Waals surface area contributed by atoms with Gasteiger partial charge in [0, 0.05) is 25.1 Å². The number of anilines is 1. The minimum absolute atomic E-state index is 0.277. The van der Waals surface area contributed by atoms with Crippen molar-refractivity contribution >= 4 is 38.6 Å². The minimum atomic E-state index is -3.67. The van der Waals surface area contributed by atoms with Crippen LogP contribution in [0.15, 0.2) is 64.8 Å². The molecule has 6 rings (SSSR count). The van der Waals surface area contributed by atoms with E-state index < -0.39 is 9.84 Å². The maximum absolute atomic E-state index is 13.7. The second-order valence-corrected chi connectivity index (χ2v) is 10.6. The molecule has 4 aromatic heterocycles. The van der Waals surface area contributed by atoms with Crippen LogP contribution in [0.1, 0.15) is 24.7 Å². The lowest BCUT2D eigenvalue weighted by Gasteiger charge is -2.27. The van der Waals surface area contributed by atoms with Gasteiger partial charge in [-0.25, -0.2) is 12.9 Å². The zero-order chi connectivity index (χ0) is 24.3. The summed E-state index contributed by atoms with van der Waals surface area (Å²) in [5.41, 5.74) is 0.990. The van der Waals surface area contributed by atoms with Crippen molar-refractivity contribution in [2.75, 3.05) is 17.7 Å². The van der Waals surface area contributed by atoms with E-state index in [0.717, 1.165) is 12.7 Å². The number of rotatable bonds is 4. The molecule has 1 atom stereocenters. The Morgan fingerprint density at radius 3 is 2.66 bits per heavy atom. The Morgan fingerprint density at radius 1 is 1.09 bits per heavy atom. The summed E-state index contributed by atoms with van der Waals surface area (Å²) in [6, 6.07) is 12.1. The predicted octanol–water partition coefficient (Wildman–Crippen LogP) is 2.32. The number of benzene rings is 1. The van der Waals surface area contributed by atoms with Gasteiger partial charge in [0.2, 0.25) is 15.8 Å². The Bertz CT molecular complexity index is 1760. The standard InChI is InChI=1S/C22H19ClN8O3S/c1-35(33,34)21-25-17-9-11-24-31(17)22(26-21)28-12-5-8-16(28)19-27-29-13-10-15(23)18(29)20(32)30(19)14-6-3-2-4-7-14/h2-4,6-7,9-11,13,16H,5,8,12H2,1H3. The molecule has 11 nitrogen and oxygen atoms in total. The van der Waals surface area contributed by atoms with E-state index in [9.17, 15) is 13.2 Å². The van der Waals surface area contributed by atoms with Crippen molar-refractivity contribution in [3.8, 4) is 5.69 Å². The Hall–Kier alpha value is -3.77. The molecule has 35 heavy (non-hydrogen) atoms. The molecule has 0 bridgehead atoms. The predicted molar refractivity (Wildman–Crippen MR) is 129 cm³/mol. The molecular formula is C22H19ClN8O3S. The SMILES string of the molecule is CS(=O)(=O)c1nc(N2CCCC2c2nn3ccc(Cl)c3c(=O)n2-c2ccccc2)n2nccc2n1. The maximum Gasteiger partial charge on any atom is 0.284 e. The first kappa shape index (κ1) is 21.7. The molecule has 0 saturated carbocycles. The first-order valence-electron chi connectivity index (χ1n) is 10.9. The van der Waals surface area contributed by atoms with Crippen molar-refractivity contribution in [1.29, 1.82) is 0 Å². The van der Waals surface area contributed by atoms with E-state index in [1.165, 1.54) is 15.2 Å². The van der Waals surface area contributed by atoms with E-state index in [0.29, 0.717) is 41.1 Å². The molecule has 1 aromatic carbocycles. The highest BCUT2D eigenvalue weighted by atomic mass is 35.5. The monoisotopic (exact) mass is 510 g/mol. The van der Waals surface area contributed by atoms with Gasteiger partial charge in [0.15, 0.2) is 11.5 Å². The van der Waals surface area contributed by atoms with E-state index in [1.807, 2.05) is 35.2 Å². The summed E-state index contributed by atoms with van der Waals surface area (Å²) >= 11 is 6.32. The van der Waals surface area contributed by atoms with Gasteiger partial charge in [0.1, 0.15) is 5.52 Å². The van der Waals surface area contributed by atoms with Gasteiger partial charge in [-0.2, -0.15) is 24.7 Å². The number of nitrogens with zero attached hydrogens (tertiary/aromatic N) is 8. The third-order valence-electron chi connectivity index (χ3n) is 6.03. The van der Waals surface area contributed by atoms with Crippen molar-refractivity contribution in [1.82, 2.24) is 33.8 Å². The van der Waals surface area contributed by atoms with Crippen LogP contribution in [0.2, 0.25) is 5.02 Å². The van der Waals surface area contributed by atoms with Crippen LogP contribution < -0.4 is 10.5 Å². The van der Waals surface area contributed by atoms with E-state index in [-0.39, 0.29) is 22.3 Å². The summed E-state index contributed by atoms with van der Waals surface area (Å²) in [5.74, 6) is 0.806. The molecule has 0 amide bonds. The summed E-state index contributed by atoms with van der Waals surface area (Å²) in [6.45, 7) is 0.564. The molecule has 1 saturated heterocycles. The molecule has 1 aliphatic rings. The number of aromatic nitrogens is 7. The molecule has 1 unspecified atom stereocenters. The third-order valence-corrected chi connectivity index (χ3v) is 7.19. The van der Waals surface area contributed by atoms with Gasteiger partial charge in [0.05, 0.1) is 22.9 Å². The maximum atomic E-state index is 13.7. The zero-order valence-corrected chi connectivity index (χ0v) is 20.1. The molecule has 13 heteroatoms. The van der Waals surface area contributed by atoms with Gasteiger partial charge in [-0.3, -0.25) is 9.36 Å². The summed E-state index contributed by atoms with van der Waals surface area (Å²) in [7, 11) is -3.67. The van der Waals surface area contributed by atoms with Gasteiger partial charge in [-0.1, -0.05) is 29.8 Å². The summed E-state index contributed by atoms with van der Waals surface area (Å²) in [6.07, 6.45) is 5.70. The average molecular weight is 511 g/mol. The van der Waals surface area contributed by atoms with Gasteiger partial charge < -0.3 is 4.90 Å². The molecule has 1 aliphatic heterocycles. The second-order valence-electron chi connectivity index (χ2n) is 8.32. The highest BCUT2D eigenvalue weighted by Crippen LogP contribution is 2.35. The Kier molecular flexibility index (Phi) is 4.90. The Balaban J connectivity index is 1.60. The quantitative estimate of drug-likeness (QED) is 0.361. The molecular weight excluding hydrogens is 492 g/mol. The van der Waals surface area contributed by atoms with Crippen LogP contribution in [0.25, 0.3) is 16.9 Å². The summed E-state index contributed by atoms with van der Waals surface area (Å²) in [4.78, 5) is 24.1. The smallest absolute Gasteiger partial charge is 0.284 e. The molecule has 0 N–H and O–H groups in total. The topological polar surface area (TPSA) is 120 Å². The Morgan fingerprint density at radius 2 is 1.89 bits per heavy atom. The van der Waals surface area contributed by atoms with E-state index in [2.05, 4.69) is 15.1 Å². The van der Waals surface area contributed by atoms with Crippen LogP contribution >= 0.6 is 11.6 Å². The number of para-hydroxylation sites is 1. The lowest BCUT2D eigenvalue weighted by molar-refractivity contribution is 0.578. The van der Waals surface area contributed by atoms with E-state index in [1.54, 1.807) is 22.9 Å². The van der Waals surface area contributed by atoms with Crippen molar-refractivity contribution in [2.24, 2.45) is 0 Å². The molecule has 5 heterocycles. The van der Waals surface area contributed by atoms with Crippen molar-refractivity contribution in [3.63, 3.8) is 0 Å². The average Bonchev–Trinajstić information content (AvgIpc) is 3.58. The second kappa shape index (κ2) is 7.89. The Labute approximate surface area is 204 Å². The highest BCUT2D eigenvalue weighted by molar-refractivity contribution is 7.90. The third kappa shape index (κ3) is 3.48. The van der Waals surface area contributed by atoms with Gasteiger partial charge in [0.25, 0.3) is 10.7 Å². The van der Waals surface area contributed by atoms with Crippen LogP contribution in [0.4, 0.5) is 5.95 Å². The van der Waals surface area contributed by atoms with Crippen LogP contribution in [0, 0.1) is 0 Å². The number of hydrogen-bond acceptors (Lipinski definition) is 8. The molecule has 5 aromatic rings. The first-order chi connectivity index (χ1) is 16.8. The van der Waals surface area contributed by atoms with Crippen LogP contribution in [0.3, 0.4) is 0 Å². The van der Waals surface area contributed by atoms with Crippen molar-refractivity contribution in [2.45, 2.75) is 24.0 Å². The molecule has 1 fully saturated rings. The van der Waals surface area contributed by atoms with Crippen LogP contribution in [-0.2, 0) is 9.84 Å². The van der Waals surface area contributed by atoms with Crippen LogP contribution in [0.5, 0.6) is 0 Å². The largest absolute Gasteiger partial charge is 0.330 e. The lowest BCUT2D eigenvalue weighted by atomic mass is 10.2. The van der Waals surface area contributed by atoms with Crippen LogP contribution in [-0.4, -0.2) is 55.0 Å². The van der Waals surface area contributed by atoms with Gasteiger partial charge in [-0.05, 0) is 31.0 Å². The summed E-state index contributed by atoms with van der Waals surface area (Å²) in [5, 5.41) is 9.13. The zero-order valence-electron chi connectivity index (χ0n) is 18.5. The molecule has 0 spiro atoms. The number of fused-ring (bicyclic) bond motifs is 2. The number of sulfone groups is 1. The minimum Gasteiger partial charge on any atom is -0.330 e. The lowest BCUT2D eigenvalue weighted by Crippen LogP contribution is -2.34. The van der Waals surface area contributed by atoms with Gasteiger partial charge in [-0.15, -0.1) is 0 Å². The van der Waals surface area contributed by atoms with Crippen molar-refractivity contribution < 1.29 is 8.42 Å².